The third kappa shape index (κ3) is 3.04. The van der Waals surface area contributed by atoms with Crippen molar-refractivity contribution in [2.75, 3.05) is 19.6 Å². The van der Waals surface area contributed by atoms with Crippen molar-refractivity contribution < 1.29 is 4.39 Å². The van der Waals surface area contributed by atoms with Crippen molar-refractivity contribution in [3.63, 3.8) is 0 Å². The van der Waals surface area contributed by atoms with Gasteiger partial charge in [0.2, 0.25) is 0 Å². The highest BCUT2D eigenvalue weighted by atomic mass is 19.1. The first-order valence-corrected chi connectivity index (χ1v) is 8.76. The third-order valence-corrected chi connectivity index (χ3v) is 5.07. The van der Waals surface area contributed by atoms with E-state index < -0.39 is 5.82 Å². The van der Waals surface area contributed by atoms with E-state index in [2.05, 4.69) is 27.8 Å². The summed E-state index contributed by atoms with van der Waals surface area (Å²) in [6.07, 6.45) is 4.74. The Morgan fingerprint density at radius 2 is 1.88 bits per heavy atom. The van der Waals surface area contributed by atoms with Crippen LogP contribution in [-0.4, -0.2) is 29.1 Å². The van der Waals surface area contributed by atoms with Gasteiger partial charge >= 0.3 is 0 Å². The summed E-state index contributed by atoms with van der Waals surface area (Å²) in [6, 6.07) is 15.0. The van der Waals surface area contributed by atoms with E-state index in [9.17, 15) is 4.39 Å². The molecule has 0 amide bonds. The number of nitrogens with zero attached hydrogens (tertiary/aromatic N) is 3. The molecule has 4 heteroatoms. The van der Waals surface area contributed by atoms with Crippen LogP contribution >= 0.6 is 0 Å². The summed E-state index contributed by atoms with van der Waals surface area (Å²) >= 11 is 0. The Morgan fingerprint density at radius 1 is 1.04 bits per heavy atom. The molecule has 0 aliphatic carbocycles. The highest BCUT2D eigenvalue weighted by Gasteiger charge is 2.13. The summed E-state index contributed by atoms with van der Waals surface area (Å²) in [5.41, 5.74) is 3.18. The molecule has 1 aliphatic rings. The smallest absolute Gasteiger partial charge is 0.140 e. The molecule has 0 spiro atoms. The van der Waals surface area contributed by atoms with Gasteiger partial charge in [0.15, 0.2) is 0 Å². The Hall–Kier alpha value is -2.64. The predicted octanol–water partition coefficient (Wildman–Crippen LogP) is 4.41. The molecule has 2 aromatic carbocycles. The molecule has 25 heavy (non-hydrogen) atoms. The number of fused-ring (bicyclic) bond motifs is 1. The van der Waals surface area contributed by atoms with Crippen molar-refractivity contribution in [3.05, 3.63) is 60.0 Å². The van der Waals surface area contributed by atoms with Crippen molar-refractivity contribution in [2.24, 2.45) is 0 Å². The number of hydrogen-bond acceptors (Lipinski definition) is 2. The van der Waals surface area contributed by atoms with E-state index in [0.717, 1.165) is 29.6 Å². The first-order valence-electron chi connectivity index (χ1n) is 8.76. The van der Waals surface area contributed by atoms with Crippen LogP contribution in [0, 0.1) is 17.1 Å². The molecule has 0 radical (unpaired) electrons. The number of halogens is 1. The van der Waals surface area contributed by atoms with Crippen molar-refractivity contribution in [1.29, 1.82) is 5.26 Å². The maximum atomic E-state index is 13.6. The summed E-state index contributed by atoms with van der Waals surface area (Å²) in [7, 11) is 0. The van der Waals surface area contributed by atoms with Crippen LogP contribution in [0.5, 0.6) is 0 Å². The van der Waals surface area contributed by atoms with Crippen LogP contribution in [0.1, 0.15) is 18.4 Å². The molecule has 1 aromatic heterocycles. The Balaban J connectivity index is 1.68. The van der Waals surface area contributed by atoms with E-state index in [0.29, 0.717) is 0 Å². The standard InChI is InChI=1S/C21H20FN3/c22-20-7-6-16(14-17(20)15-23)18-4-3-5-21-19(18)8-11-25(21)13-12-24-9-1-2-10-24/h3-8,11,14H,1-2,9-10,12-13H2. The van der Waals surface area contributed by atoms with Crippen LogP contribution < -0.4 is 0 Å². The average Bonchev–Trinajstić information content (AvgIpc) is 3.30. The normalized spacial score (nSPS) is 14.9. The predicted molar refractivity (Wildman–Crippen MR) is 97.7 cm³/mol. The minimum absolute atomic E-state index is 0.0861. The van der Waals surface area contributed by atoms with Gasteiger partial charge in [0.25, 0.3) is 0 Å². The number of benzene rings is 2. The molecular formula is C21H20FN3. The largest absolute Gasteiger partial charge is 0.346 e. The summed E-state index contributed by atoms with van der Waals surface area (Å²) < 4.78 is 15.9. The van der Waals surface area contributed by atoms with Crippen molar-refractivity contribution in [2.45, 2.75) is 19.4 Å². The minimum Gasteiger partial charge on any atom is -0.346 e. The number of likely N-dealkylation sites (tertiary alicyclic amines) is 1. The molecule has 3 nitrogen and oxygen atoms in total. The fraction of sp³-hybridized carbons (Fsp3) is 0.286. The number of hydrogen-bond donors (Lipinski definition) is 0. The summed E-state index contributed by atoms with van der Waals surface area (Å²) in [5.74, 6) is -0.471. The number of nitriles is 1. The minimum atomic E-state index is -0.471. The van der Waals surface area contributed by atoms with Gasteiger partial charge in [-0.25, -0.2) is 4.39 Å². The zero-order chi connectivity index (χ0) is 17.2. The van der Waals surface area contributed by atoms with Crippen LogP contribution in [0.2, 0.25) is 0 Å². The zero-order valence-electron chi connectivity index (χ0n) is 14.1. The number of aromatic nitrogens is 1. The lowest BCUT2D eigenvalue weighted by molar-refractivity contribution is 0.324. The maximum Gasteiger partial charge on any atom is 0.140 e. The second-order valence-electron chi connectivity index (χ2n) is 6.60. The highest BCUT2D eigenvalue weighted by molar-refractivity contribution is 5.95. The van der Waals surface area contributed by atoms with Gasteiger partial charge in [-0.1, -0.05) is 18.2 Å². The summed E-state index contributed by atoms with van der Waals surface area (Å²) in [6.45, 7) is 4.46. The highest BCUT2D eigenvalue weighted by Crippen LogP contribution is 2.30. The monoisotopic (exact) mass is 333 g/mol. The van der Waals surface area contributed by atoms with E-state index in [-0.39, 0.29) is 5.56 Å². The van der Waals surface area contributed by atoms with E-state index >= 15 is 0 Å². The van der Waals surface area contributed by atoms with Crippen LogP contribution in [0.4, 0.5) is 4.39 Å². The Morgan fingerprint density at radius 3 is 2.68 bits per heavy atom. The molecule has 0 unspecified atom stereocenters. The first kappa shape index (κ1) is 15.9. The van der Waals surface area contributed by atoms with Crippen LogP contribution in [0.25, 0.3) is 22.0 Å². The van der Waals surface area contributed by atoms with Gasteiger partial charge in [0.05, 0.1) is 5.56 Å². The Kier molecular flexibility index (Phi) is 4.25. The molecule has 0 N–H and O–H groups in total. The van der Waals surface area contributed by atoms with Gasteiger partial charge in [0.1, 0.15) is 11.9 Å². The first-order chi connectivity index (χ1) is 12.3. The lowest BCUT2D eigenvalue weighted by Gasteiger charge is -2.15. The van der Waals surface area contributed by atoms with Gasteiger partial charge in [-0.05, 0) is 61.3 Å². The molecule has 0 atom stereocenters. The quantitative estimate of drug-likeness (QED) is 0.708. The van der Waals surface area contributed by atoms with Gasteiger partial charge in [0, 0.05) is 30.2 Å². The molecule has 0 saturated carbocycles. The average molecular weight is 333 g/mol. The fourth-order valence-electron chi connectivity index (χ4n) is 3.70. The van der Waals surface area contributed by atoms with Gasteiger partial charge < -0.3 is 9.47 Å². The maximum absolute atomic E-state index is 13.6. The second-order valence-corrected chi connectivity index (χ2v) is 6.60. The molecule has 3 aromatic rings. The fourth-order valence-corrected chi connectivity index (χ4v) is 3.70. The lowest BCUT2D eigenvalue weighted by Crippen LogP contribution is -2.23. The molecule has 1 saturated heterocycles. The molecule has 0 bridgehead atoms. The molecule has 4 rings (SSSR count). The van der Waals surface area contributed by atoms with Crippen molar-refractivity contribution in [1.82, 2.24) is 9.47 Å². The van der Waals surface area contributed by atoms with Gasteiger partial charge in [-0.2, -0.15) is 5.26 Å². The Bertz CT molecular complexity index is 945. The summed E-state index contributed by atoms with van der Waals surface area (Å²) in [4.78, 5) is 2.51. The van der Waals surface area contributed by atoms with Gasteiger partial charge in [-0.3, -0.25) is 0 Å². The molecule has 1 aliphatic heterocycles. The lowest BCUT2D eigenvalue weighted by atomic mass is 10.00. The molecule has 126 valence electrons. The van der Waals surface area contributed by atoms with E-state index in [1.165, 1.54) is 37.5 Å². The molecular weight excluding hydrogens is 313 g/mol. The van der Waals surface area contributed by atoms with Crippen LogP contribution in [0.15, 0.2) is 48.7 Å². The topological polar surface area (TPSA) is 32.0 Å². The molecule has 1 fully saturated rings. The van der Waals surface area contributed by atoms with Crippen LogP contribution in [0.3, 0.4) is 0 Å². The second kappa shape index (κ2) is 6.70. The van der Waals surface area contributed by atoms with Crippen molar-refractivity contribution in [3.8, 4) is 17.2 Å². The van der Waals surface area contributed by atoms with Crippen LogP contribution in [-0.2, 0) is 6.54 Å². The van der Waals surface area contributed by atoms with E-state index in [1.54, 1.807) is 12.1 Å². The van der Waals surface area contributed by atoms with Gasteiger partial charge in [-0.15, -0.1) is 0 Å². The summed E-state index contributed by atoms with van der Waals surface area (Å²) in [5, 5.41) is 10.2. The number of rotatable bonds is 4. The Labute approximate surface area is 146 Å². The van der Waals surface area contributed by atoms with E-state index in [4.69, 9.17) is 5.26 Å². The zero-order valence-corrected chi connectivity index (χ0v) is 14.1. The SMILES string of the molecule is N#Cc1cc(-c2cccc3c2ccn3CCN2CCCC2)ccc1F. The third-order valence-electron chi connectivity index (χ3n) is 5.07. The molecule has 2 heterocycles. The van der Waals surface area contributed by atoms with Crippen molar-refractivity contribution >= 4 is 10.9 Å². The van der Waals surface area contributed by atoms with E-state index in [1.807, 2.05) is 18.2 Å².